The molecule has 2 heterocycles. The number of hydrogen-bond acceptors (Lipinski definition) is 2. The number of benzene rings is 2. The summed E-state index contributed by atoms with van der Waals surface area (Å²) in [6.07, 6.45) is 1.98. The van der Waals surface area contributed by atoms with Crippen LogP contribution in [-0.4, -0.2) is 41.5 Å². The highest BCUT2D eigenvalue weighted by Crippen LogP contribution is 2.55. The molecule has 0 aliphatic carbocycles. The van der Waals surface area contributed by atoms with Crippen LogP contribution >= 0.6 is 0 Å². The second-order valence-corrected chi connectivity index (χ2v) is 8.82. The lowest BCUT2D eigenvalue weighted by molar-refractivity contribution is -0.123. The molecule has 154 valence electrons. The summed E-state index contributed by atoms with van der Waals surface area (Å²) < 4.78 is 13.8. The van der Waals surface area contributed by atoms with E-state index in [0.29, 0.717) is 23.3 Å². The smallest absolute Gasteiger partial charge is 0.321 e. The Hall–Kier alpha value is -2.40. The van der Waals surface area contributed by atoms with Crippen molar-refractivity contribution in [2.75, 3.05) is 25.0 Å². The molecule has 2 aromatic carbocycles. The summed E-state index contributed by atoms with van der Waals surface area (Å²) in [5, 5.41) is 2.85. The molecule has 2 amide bonds. The fraction of sp³-hybridized carbons (Fsp3) is 0.458. The monoisotopic (exact) mass is 395 g/mol. The number of aryl methyl sites for hydroxylation is 1. The van der Waals surface area contributed by atoms with Crippen molar-refractivity contribution in [3.8, 4) is 0 Å². The molecule has 1 spiro atoms. The fourth-order valence-corrected chi connectivity index (χ4v) is 4.90. The number of urea groups is 1. The zero-order chi connectivity index (χ0) is 20.6. The van der Waals surface area contributed by atoms with Gasteiger partial charge in [-0.25, -0.2) is 9.18 Å². The molecule has 5 heteroatoms. The Labute approximate surface area is 172 Å². The summed E-state index contributed by atoms with van der Waals surface area (Å²) in [4.78, 5) is 17.1. The minimum atomic E-state index is -0.297. The molecule has 2 aliphatic heterocycles. The first kappa shape index (κ1) is 19.9. The number of nitrogens with one attached hydrogen (secondary N) is 1. The number of anilines is 1. The molecule has 29 heavy (non-hydrogen) atoms. The maximum atomic E-state index is 13.8. The summed E-state index contributed by atoms with van der Waals surface area (Å²) in [5.74, 6) is -0.297. The number of piperidine rings is 1. The standard InChI is InChI=1S/C24H30FN3O/c1-17(2)28-16-24(22(28)19-7-5-4-6-8-19)11-13-27(14-12-24)23(29)26-20-10-9-18(3)21(25)15-20/h4-10,15,17,22H,11-14,16H2,1-3H3,(H,26,29). The molecule has 0 bridgehead atoms. The predicted molar refractivity (Wildman–Crippen MR) is 114 cm³/mol. The zero-order valence-electron chi connectivity index (χ0n) is 17.5. The number of amides is 2. The topological polar surface area (TPSA) is 35.6 Å². The van der Waals surface area contributed by atoms with Crippen molar-refractivity contribution in [3.05, 3.63) is 65.5 Å². The fourth-order valence-electron chi connectivity index (χ4n) is 4.90. The van der Waals surface area contributed by atoms with Gasteiger partial charge < -0.3 is 10.2 Å². The molecular weight excluding hydrogens is 365 g/mol. The molecule has 2 aromatic rings. The molecule has 2 saturated heterocycles. The summed E-state index contributed by atoms with van der Waals surface area (Å²) in [6, 6.07) is 16.4. The molecule has 0 aromatic heterocycles. The Morgan fingerprint density at radius 3 is 2.45 bits per heavy atom. The SMILES string of the molecule is Cc1ccc(NC(=O)N2CCC3(CC2)CN(C(C)C)C3c2ccccc2)cc1F. The quantitative estimate of drug-likeness (QED) is 0.774. The van der Waals surface area contributed by atoms with Crippen molar-refractivity contribution >= 4 is 11.7 Å². The van der Waals surface area contributed by atoms with Crippen LogP contribution in [0, 0.1) is 18.2 Å². The van der Waals surface area contributed by atoms with Gasteiger partial charge in [-0.3, -0.25) is 4.90 Å². The predicted octanol–water partition coefficient (Wildman–Crippen LogP) is 5.21. The molecule has 1 N–H and O–H groups in total. The molecule has 1 atom stereocenters. The Kier molecular flexibility index (Phi) is 5.34. The van der Waals surface area contributed by atoms with Crippen molar-refractivity contribution in [1.29, 1.82) is 0 Å². The lowest BCUT2D eigenvalue weighted by Gasteiger charge is -2.62. The van der Waals surface area contributed by atoms with Crippen LogP contribution in [0.15, 0.2) is 48.5 Å². The summed E-state index contributed by atoms with van der Waals surface area (Å²) >= 11 is 0. The number of nitrogens with zero attached hydrogens (tertiary/aromatic N) is 2. The van der Waals surface area contributed by atoms with Crippen molar-refractivity contribution < 1.29 is 9.18 Å². The summed E-state index contributed by atoms with van der Waals surface area (Å²) in [7, 11) is 0. The van der Waals surface area contributed by atoms with Gasteiger partial charge in [0.1, 0.15) is 5.82 Å². The minimum absolute atomic E-state index is 0.139. The van der Waals surface area contributed by atoms with E-state index in [1.165, 1.54) is 11.6 Å². The van der Waals surface area contributed by atoms with E-state index in [4.69, 9.17) is 0 Å². The van der Waals surface area contributed by atoms with Gasteiger partial charge in [-0.15, -0.1) is 0 Å². The lowest BCUT2D eigenvalue weighted by Crippen LogP contribution is -2.64. The Bertz CT molecular complexity index is 875. The van der Waals surface area contributed by atoms with Gasteiger partial charge in [0.05, 0.1) is 0 Å². The molecular formula is C24H30FN3O. The van der Waals surface area contributed by atoms with Gasteiger partial charge in [0.15, 0.2) is 0 Å². The van der Waals surface area contributed by atoms with Crippen LogP contribution in [0.3, 0.4) is 0 Å². The van der Waals surface area contributed by atoms with E-state index in [1.807, 2.05) is 4.90 Å². The summed E-state index contributed by atoms with van der Waals surface area (Å²) in [5.41, 5.74) is 2.70. The highest BCUT2D eigenvalue weighted by molar-refractivity contribution is 5.89. The van der Waals surface area contributed by atoms with Crippen LogP contribution in [0.5, 0.6) is 0 Å². The van der Waals surface area contributed by atoms with Crippen LogP contribution in [0.4, 0.5) is 14.9 Å². The number of halogens is 1. The third-order valence-electron chi connectivity index (χ3n) is 6.66. The third kappa shape index (κ3) is 3.76. The van der Waals surface area contributed by atoms with Crippen LogP contribution in [0.2, 0.25) is 0 Å². The Balaban J connectivity index is 1.42. The Morgan fingerprint density at radius 2 is 1.83 bits per heavy atom. The van der Waals surface area contributed by atoms with Crippen LogP contribution in [0.1, 0.15) is 43.9 Å². The van der Waals surface area contributed by atoms with Gasteiger partial charge in [-0.1, -0.05) is 36.4 Å². The van der Waals surface area contributed by atoms with Crippen molar-refractivity contribution in [1.82, 2.24) is 9.80 Å². The van der Waals surface area contributed by atoms with Crippen LogP contribution in [-0.2, 0) is 0 Å². The van der Waals surface area contributed by atoms with Gasteiger partial charge in [-0.2, -0.15) is 0 Å². The molecule has 0 saturated carbocycles. The van der Waals surface area contributed by atoms with E-state index in [-0.39, 0.29) is 17.3 Å². The van der Waals surface area contributed by atoms with E-state index in [0.717, 1.165) is 32.5 Å². The average molecular weight is 396 g/mol. The average Bonchev–Trinajstić information content (AvgIpc) is 2.70. The number of likely N-dealkylation sites (tertiary alicyclic amines) is 2. The highest BCUT2D eigenvalue weighted by Gasteiger charge is 2.54. The highest BCUT2D eigenvalue weighted by atomic mass is 19.1. The second-order valence-electron chi connectivity index (χ2n) is 8.82. The van der Waals surface area contributed by atoms with E-state index < -0.39 is 0 Å². The van der Waals surface area contributed by atoms with Crippen LogP contribution in [0.25, 0.3) is 0 Å². The number of carbonyl (C=O) groups is 1. The van der Waals surface area contributed by atoms with Gasteiger partial charge in [-0.05, 0) is 56.9 Å². The lowest BCUT2D eigenvalue weighted by atomic mass is 9.62. The molecule has 0 radical (unpaired) electrons. The van der Waals surface area contributed by atoms with E-state index in [2.05, 4.69) is 54.4 Å². The number of hydrogen-bond donors (Lipinski definition) is 1. The molecule has 4 rings (SSSR count). The maximum absolute atomic E-state index is 13.8. The molecule has 4 nitrogen and oxygen atoms in total. The second kappa shape index (κ2) is 7.79. The number of carbonyl (C=O) groups excluding carboxylic acids is 1. The van der Waals surface area contributed by atoms with Gasteiger partial charge in [0.25, 0.3) is 0 Å². The molecule has 2 aliphatic rings. The Morgan fingerprint density at radius 1 is 1.14 bits per heavy atom. The first-order chi connectivity index (χ1) is 13.9. The number of rotatable bonds is 3. The first-order valence-corrected chi connectivity index (χ1v) is 10.5. The van der Waals surface area contributed by atoms with Gasteiger partial charge in [0.2, 0.25) is 0 Å². The minimum Gasteiger partial charge on any atom is -0.324 e. The molecule has 1 unspecified atom stereocenters. The van der Waals surface area contributed by atoms with Crippen molar-refractivity contribution in [2.45, 2.75) is 45.7 Å². The van der Waals surface area contributed by atoms with Gasteiger partial charge >= 0.3 is 6.03 Å². The normalized spacial score (nSPS) is 21.3. The largest absolute Gasteiger partial charge is 0.324 e. The van der Waals surface area contributed by atoms with Crippen molar-refractivity contribution in [2.24, 2.45) is 5.41 Å². The van der Waals surface area contributed by atoms with Gasteiger partial charge in [0, 0.05) is 42.8 Å². The third-order valence-corrected chi connectivity index (χ3v) is 6.66. The van der Waals surface area contributed by atoms with Crippen LogP contribution < -0.4 is 5.32 Å². The maximum Gasteiger partial charge on any atom is 0.321 e. The van der Waals surface area contributed by atoms with E-state index >= 15 is 0 Å². The van der Waals surface area contributed by atoms with E-state index in [1.54, 1.807) is 19.1 Å². The van der Waals surface area contributed by atoms with E-state index in [9.17, 15) is 9.18 Å². The summed E-state index contributed by atoms with van der Waals surface area (Å²) in [6.45, 7) is 8.78. The molecule has 2 fully saturated rings. The first-order valence-electron chi connectivity index (χ1n) is 10.5. The van der Waals surface area contributed by atoms with Crippen molar-refractivity contribution in [3.63, 3.8) is 0 Å². The zero-order valence-corrected chi connectivity index (χ0v) is 17.5.